The first-order valence-corrected chi connectivity index (χ1v) is 3.10. The highest BCUT2D eigenvalue weighted by molar-refractivity contribution is 5.16. The fraction of sp³-hybridized carbons (Fsp3) is 0.429. The molecule has 0 aliphatic carbocycles. The molecule has 50 valence electrons. The summed E-state index contributed by atoms with van der Waals surface area (Å²) in [5.74, 6) is 0. The maximum atomic E-state index is 5.60. The summed E-state index contributed by atoms with van der Waals surface area (Å²) in [4.78, 5) is 3.08. The Labute approximate surface area is 55.1 Å². The van der Waals surface area contributed by atoms with E-state index in [1.54, 1.807) is 0 Å². The monoisotopic (exact) mass is 124 g/mol. The summed E-state index contributed by atoms with van der Waals surface area (Å²) in [6, 6.07) is 2.18. The lowest BCUT2D eigenvalue weighted by Gasteiger charge is -1.98. The van der Waals surface area contributed by atoms with Crippen LogP contribution < -0.4 is 5.73 Å². The van der Waals surface area contributed by atoms with Crippen LogP contribution in [-0.4, -0.2) is 4.98 Å². The Morgan fingerprint density at radius 3 is 2.56 bits per heavy atom. The van der Waals surface area contributed by atoms with E-state index in [-0.39, 0.29) is 6.04 Å². The van der Waals surface area contributed by atoms with Crippen LogP contribution in [-0.2, 0) is 0 Å². The van der Waals surface area contributed by atoms with E-state index >= 15 is 0 Å². The van der Waals surface area contributed by atoms with Gasteiger partial charge in [-0.2, -0.15) is 0 Å². The molecule has 0 saturated carbocycles. The van der Waals surface area contributed by atoms with Crippen LogP contribution in [0.5, 0.6) is 0 Å². The third kappa shape index (κ3) is 1.33. The van der Waals surface area contributed by atoms with Gasteiger partial charge < -0.3 is 10.7 Å². The largest absolute Gasteiger partial charge is 0.363 e. The zero-order valence-electron chi connectivity index (χ0n) is 5.81. The van der Waals surface area contributed by atoms with Crippen molar-refractivity contribution in [1.82, 2.24) is 4.98 Å². The van der Waals surface area contributed by atoms with E-state index < -0.39 is 0 Å². The van der Waals surface area contributed by atoms with E-state index in [1.165, 1.54) is 5.56 Å². The second kappa shape index (κ2) is 2.23. The summed E-state index contributed by atoms with van der Waals surface area (Å²) >= 11 is 0. The second-order valence-corrected chi connectivity index (χ2v) is 2.42. The van der Waals surface area contributed by atoms with Crippen LogP contribution in [0.15, 0.2) is 12.3 Å². The topological polar surface area (TPSA) is 41.8 Å². The molecule has 1 aromatic rings. The van der Waals surface area contributed by atoms with Gasteiger partial charge in [0, 0.05) is 17.9 Å². The molecule has 0 spiro atoms. The number of rotatable bonds is 1. The molecule has 9 heavy (non-hydrogen) atoms. The average molecular weight is 124 g/mol. The van der Waals surface area contributed by atoms with E-state index in [1.807, 2.05) is 20.0 Å². The van der Waals surface area contributed by atoms with Crippen molar-refractivity contribution in [1.29, 1.82) is 0 Å². The number of aromatic amines is 1. The van der Waals surface area contributed by atoms with Gasteiger partial charge in [0.05, 0.1) is 0 Å². The van der Waals surface area contributed by atoms with Gasteiger partial charge in [0.25, 0.3) is 0 Å². The predicted molar refractivity (Wildman–Crippen MR) is 38.1 cm³/mol. The third-order valence-corrected chi connectivity index (χ3v) is 1.34. The first kappa shape index (κ1) is 6.36. The second-order valence-electron chi connectivity index (χ2n) is 2.42. The van der Waals surface area contributed by atoms with Gasteiger partial charge in [0.2, 0.25) is 0 Å². The van der Waals surface area contributed by atoms with Gasteiger partial charge in [-0.15, -0.1) is 0 Å². The molecule has 0 radical (unpaired) electrons. The quantitative estimate of drug-likeness (QED) is 0.583. The number of hydrogen-bond donors (Lipinski definition) is 2. The summed E-state index contributed by atoms with van der Waals surface area (Å²) in [5, 5.41) is 0. The van der Waals surface area contributed by atoms with Gasteiger partial charge in [-0.05, 0) is 25.5 Å². The van der Waals surface area contributed by atoms with Crippen molar-refractivity contribution < 1.29 is 0 Å². The highest BCUT2D eigenvalue weighted by Gasteiger charge is 1.98. The van der Waals surface area contributed by atoms with Crippen molar-refractivity contribution in [2.45, 2.75) is 19.9 Å². The minimum atomic E-state index is 0.124. The molecule has 0 amide bonds. The van der Waals surface area contributed by atoms with Gasteiger partial charge in [0.15, 0.2) is 0 Å². The molecule has 1 aromatic heterocycles. The van der Waals surface area contributed by atoms with Crippen molar-refractivity contribution in [3.8, 4) is 0 Å². The van der Waals surface area contributed by atoms with Crippen molar-refractivity contribution in [3.63, 3.8) is 0 Å². The van der Waals surface area contributed by atoms with Crippen molar-refractivity contribution >= 4 is 0 Å². The molecule has 0 saturated heterocycles. The van der Waals surface area contributed by atoms with Gasteiger partial charge >= 0.3 is 0 Å². The van der Waals surface area contributed by atoms with Crippen LogP contribution >= 0.6 is 0 Å². The molecule has 0 aliphatic heterocycles. The smallest absolute Gasteiger partial charge is 0.0419 e. The molecule has 3 N–H and O–H groups in total. The van der Waals surface area contributed by atoms with E-state index in [2.05, 4.69) is 11.1 Å². The highest BCUT2D eigenvalue weighted by atomic mass is 14.8. The Bertz CT molecular complexity index is 189. The molecular formula is C7H12N2. The van der Waals surface area contributed by atoms with Crippen LogP contribution in [0.3, 0.4) is 0 Å². The normalized spacial score (nSPS) is 13.7. The molecule has 0 aliphatic rings. The molecule has 0 unspecified atom stereocenters. The lowest BCUT2D eigenvalue weighted by molar-refractivity contribution is 0.789. The number of hydrogen-bond acceptors (Lipinski definition) is 1. The number of aromatic nitrogens is 1. The van der Waals surface area contributed by atoms with Crippen LogP contribution in [0.25, 0.3) is 0 Å². The minimum absolute atomic E-state index is 0.124. The molecule has 0 fully saturated rings. The molecule has 0 bridgehead atoms. The third-order valence-electron chi connectivity index (χ3n) is 1.34. The molecule has 0 aromatic carbocycles. The zero-order chi connectivity index (χ0) is 6.85. The Hall–Kier alpha value is -0.760. The van der Waals surface area contributed by atoms with Crippen LogP contribution in [0.2, 0.25) is 0 Å². The van der Waals surface area contributed by atoms with E-state index in [9.17, 15) is 0 Å². The summed E-state index contributed by atoms with van der Waals surface area (Å²) in [5.41, 5.74) is 7.94. The number of H-pyrrole nitrogens is 1. The summed E-state index contributed by atoms with van der Waals surface area (Å²) in [6.45, 7) is 4.01. The molecule has 2 nitrogen and oxygen atoms in total. The number of nitrogens with two attached hydrogens (primary N) is 1. The van der Waals surface area contributed by atoms with Crippen molar-refractivity contribution in [2.24, 2.45) is 5.73 Å². The highest BCUT2D eigenvalue weighted by Crippen LogP contribution is 2.07. The zero-order valence-corrected chi connectivity index (χ0v) is 5.81. The first-order valence-electron chi connectivity index (χ1n) is 3.10. The lowest BCUT2D eigenvalue weighted by Crippen LogP contribution is -2.04. The standard InChI is InChI=1S/C7H12N2/c1-5-3-7(6(2)8)9-4-5/h3-4,6,9H,8H2,1-2H3/t6-/m0/s1. The van der Waals surface area contributed by atoms with E-state index in [0.717, 1.165) is 5.69 Å². The average Bonchev–Trinajstić information content (AvgIpc) is 2.14. The van der Waals surface area contributed by atoms with Gasteiger partial charge in [-0.25, -0.2) is 0 Å². The van der Waals surface area contributed by atoms with Gasteiger partial charge in [0.1, 0.15) is 0 Å². The fourth-order valence-corrected chi connectivity index (χ4v) is 0.789. The van der Waals surface area contributed by atoms with Crippen LogP contribution in [0, 0.1) is 6.92 Å². The van der Waals surface area contributed by atoms with E-state index in [0.29, 0.717) is 0 Å². The SMILES string of the molecule is Cc1c[nH]c([C@H](C)N)c1. The van der Waals surface area contributed by atoms with Crippen LogP contribution in [0.4, 0.5) is 0 Å². The van der Waals surface area contributed by atoms with Gasteiger partial charge in [-0.3, -0.25) is 0 Å². The number of aryl methyl sites for hydroxylation is 1. The first-order chi connectivity index (χ1) is 4.20. The summed E-state index contributed by atoms with van der Waals surface area (Å²) < 4.78 is 0. The number of nitrogens with one attached hydrogen (secondary N) is 1. The minimum Gasteiger partial charge on any atom is -0.363 e. The molecular weight excluding hydrogens is 112 g/mol. The Balaban J connectivity index is 2.85. The van der Waals surface area contributed by atoms with Crippen molar-refractivity contribution in [3.05, 3.63) is 23.5 Å². The van der Waals surface area contributed by atoms with Crippen molar-refractivity contribution in [2.75, 3.05) is 0 Å². The molecule has 1 heterocycles. The molecule has 2 heteroatoms. The summed E-state index contributed by atoms with van der Waals surface area (Å²) in [7, 11) is 0. The predicted octanol–water partition coefficient (Wildman–Crippen LogP) is 1.34. The Kier molecular flexibility index (Phi) is 1.58. The maximum Gasteiger partial charge on any atom is 0.0419 e. The molecule has 1 atom stereocenters. The lowest BCUT2D eigenvalue weighted by atomic mass is 10.2. The fourth-order valence-electron chi connectivity index (χ4n) is 0.789. The van der Waals surface area contributed by atoms with Crippen LogP contribution in [0.1, 0.15) is 24.2 Å². The Morgan fingerprint density at radius 1 is 1.67 bits per heavy atom. The Morgan fingerprint density at radius 2 is 2.33 bits per heavy atom. The van der Waals surface area contributed by atoms with E-state index in [4.69, 9.17) is 5.73 Å². The maximum absolute atomic E-state index is 5.60. The molecule has 1 rings (SSSR count). The summed E-state index contributed by atoms with van der Waals surface area (Å²) in [6.07, 6.45) is 1.96. The van der Waals surface area contributed by atoms with Gasteiger partial charge in [-0.1, -0.05) is 0 Å².